The molecule has 0 fully saturated rings. The molecule has 2 heterocycles. The van der Waals surface area contributed by atoms with Crippen molar-refractivity contribution in [2.45, 2.75) is 31.7 Å². The summed E-state index contributed by atoms with van der Waals surface area (Å²) in [4.78, 5) is 23.6. The van der Waals surface area contributed by atoms with Gasteiger partial charge in [0.2, 0.25) is 0 Å². The molecule has 0 amide bonds. The van der Waals surface area contributed by atoms with Crippen LogP contribution < -0.4 is 0 Å². The molecular formula is C18H19N3O3S. The van der Waals surface area contributed by atoms with Crippen molar-refractivity contribution in [2.75, 3.05) is 7.11 Å². The number of aromatic nitrogens is 3. The van der Waals surface area contributed by atoms with Crippen LogP contribution in [0.3, 0.4) is 0 Å². The van der Waals surface area contributed by atoms with Crippen LogP contribution in [0.5, 0.6) is 0 Å². The van der Waals surface area contributed by atoms with Crippen LogP contribution in [0.1, 0.15) is 32.7 Å². The second kappa shape index (κ2) is 6.85. The van der Waals surface area contributed by atoms with Crippen LogP contribution in [0, 0.1) is 20.8 Å². The van der Waals surface area contributed by atoms with Crippen molar-refractivity contribution < 1.29 is 14.1 Å². The summed E-state index contributed by atoms with van der Waals surface area (Å²) in [6.45, 7) is 5.80. The van der Waals surface area contributed by atoms with Crippen LogP contribution in [0.2, 0.25) is 0 Å². The average Bonchev–Trinajstić information content (AvgIpc) is 3.00. The van der Waals surface area contributed by atoms with Crippen molar-refractivity contribution in [2.24, 2.45) is 0 Å². The Kier molecular flexibility index (Phi) is 4.78. The lowest BCUT2D eigenvalue weighted by Crippen LogP contribution is -2.10. The number of nitrogens with one attached hydrogen (secondary N) is 1. The van der Waals surface area contributed by atoms with Crippen LogP contribution in [0.15, 0.2) is 29.6 Å². The summed E-state index contributed by atoms with van der Waals surface area (Å²) >= 11 is -1.36. The number of H-pyrrole nitrogens is 1. The molecule has 0 aliphatic carbocycles. The number of benzene rings is 1. The molecule has 0 aliphatic heterocycles. The number of nitrogens with zero attached hydrogens (tertiary/aromatic N) is 2. The number of aromatic amines is 1. The third-order valence-corrected chi connectivity index (χ3v) is 5.43. The second-order valence-corrected chi connectivity index (χ2v) is 7.27. The zero-order valence-electron chi connectivity index (χ0n) is 14.5. The molecular weight excluding hydrogens is 338 g/mol. The highest BCUT2D eigenvalue weighted by molar-refractivity contribution is 7.90. The summed E-state index contributed by atoms with van der Waals surface area (Å²) in [7, 11) is 1.34. The normalized spacial score (nSPS) is 12.4. The minimum Gasteiger partial charge on any atom is -0.609 e. The highest BCUT2D eigenvalue weighted by atomic mass is 32.2. The number of esters is 1. The molecule has 2 aromatic heterocycles. The number of rotatable bonds is 4. The van der Waals surface area contributed by atoms with E-state index in [1.54, 1.807) is 12.3 Å². The molecule has 0 aliphatic rings. The molecule has 1 atom stereocenters. The van der Waals surface area contributed by atoms with Gasteiger partial charge < -0.3 is 9.29 Å². The van der Waals surface area contributed by atoms with E-state index in [9.17, 15) is 9.35 Å². The maximum Gasteiger partial charge on any atom is 0.338 e. The van der Waals surface area contributed by atoms with Crippen molar-refractivity contribution in [3.63, 3.8) is 0 Å². The van der Waals surface area contributed by atoms with Crippen LogP contribution >= 0.6 is 0 Å². The zero-order chi connectivity index (χ0) is 18.1. The molecule has 3 aromatic rings. The molecule has 1 N–H and O–H groups in total. The minimum absolute atomic E-state index is 0.288. The number of carbonyl (C=O) groups excluding carboxylic acids is 1. The van der Waals surface area contributed by atoms with Crippen molar-refractivity contribution in [1.29, 1.82) is 0 Å². The Morgan fingerprint density at radius 1 is 1.28 bits per heavy atom. The lowest BCUT2D eigenvalue weighted by Gasteiger charge is -2.09. The minimum atomic E-state index is -1.36. The number of hydrogen-bond donors (Lipinski definition) is 1. The number of hydrogen-bond acceptors (Lipinski definition) is 5. The average molecular weight is 357 g/mol. The topological polar surface area (TPSA) is 90.9 Å². The van der Waals surface area contributed by atoms with E-state index in [-0.39, 0.29) is 5.75 Å². The van der Waals surface area contributed by atoms with E-state index in [0.717, 1.165) is 27.9 Å². The van der Waals surface area contributed by atoms with E-state index in [4.69, 9.17) is 4.74 Å². The summed E-state index contributed by atoms with van der Waals surface area (Å²) < 4.78 is 17.5. The summed E-state index contributed by atoms with van der Waals surface area (Å²) in [5, 5.41) is 0.374. The van der Waals surface area contributed by atoms with Crippen molar-refractivity contribution >= 4 is 28.2 Å². The number of fused-ring (bicyclic) bond motifs is 1. The molecule has 3 rings (SSSR count). The predicted molar refractivity (Wildman–Crippen MR) is 96.0 cm³/mol. The quantitative estimate of drug-likeness (QED) is 0.572. The van der Waals surface area contributed by atoms with Crippen molar-refractivity contribution in [1.82, 2.24) is 15.0 Å². The van der Waals surface area contributed by atoms with Gasteiger partial charge in [0.05, 0.1) is 29.4 Å². The van der Waals surface area contributed by atoms with Crippen molar-refractivity contribution in [3.05, 3.63) is 52.3 Å². The Hall–Kier alpha value is -2.38. The smallest absolute Gasteiger partial charge is 0.338 e. The number of aryl methyl sites for hydroxylation is 2. The summed E-state index contributed by atoms with van der Waals surface area (Å²) in [5.41, 5.74) is 5.50. The number of ether oxygens (including phenoxy) is 1. The third kappa shape index (κ3) is 3.38. The number of carbonyl (C=O) groups is 1. The van der Waals surface area contributed by atoms with Crippen LogP contribution in [-0.2, 0) is 21.7 Å². The molecule has 25 heavy (non-hydrogen) atoms. The molecule has 6 nitrogen and oxygen atoms in total. The standard InChI is InChI=1S/C18H19N3O3S/c1-10-5-6-19-16(12(10)3)9-25(23)18-20-14-7-11(2)13(17(22)24-4)8-15(14)21-18/h5-8H,9H2,1-4H3,(H,20,21). The van der Waals surface area contributed by atoms with Gasteiger partial charge in [-0.25, -0.2) is 4.79 Å². The van der Waals surface area contributed by atoms with Gasteiger partial charge in [-0.3, -0.25) is 9.97 Å². The van der Waals surface area contributed by atoms with Crippen LogP contribution in [0.4, 0.5) is 0 Å². The van der Waals surface area contributed by atoms with Gasteiger partial charge in [0, 0.05) is 17.4 Å². The fraction of sp³-hybridized carbons (Fsp3) is 0.278. The Bertz CT molecular complexity index is 952. The summed E-state index contributed by atoms with van der Waals surface area (Å²) in [6, 6.07) is 5.40. The molecule has 130 valence electrons. The highest BCUT2D eigenvalue weighted by Gasteiger charge is 2.21. The Labute approximate surface area is 148 Å². The first-order chi connectivity index (χ1) is 11.9. The van der Waals surface area contributed by atoms with E-state index in [1.807, 2.05) is 32.9 Å². The lowest BCUT2D eigenvalue weighted by atomic mass is 10.1. The number of imidazole rings is 1. The van der Waals surface area contributed by atoms with E-state index < -0.39 is 17.1 Å². The SMILES string of the molecule is COC(=O)c1cc2nc([S+]([O-])Cc3nccc(C)c3C)[nH]c2cc1C. The van der Waals surface area contributed by atoms with Gasteiger partial charge in [0.15, 0.2) is 5.75 Å². The first-order valence-corrected chi connectivity index (χ1v) is 9.10. The van der Waals surface area contributed by atoms with E-state index in [2.05, 4.69) is 15.0 Å². The molecule has 0 saturated heterocycles. The van der Waals surface area contributed by atoms with E-state index in [0.29, 0.717) is 16.2 Å². The molecule has 1 aromatic carbocycles. The molecule has 7 heteroatoms. The zero-order valence-corrected chi connectivity index (χ0v) is 15.4. The molecule has 0 bridgehead atoms. The maximum atomic E-state index is 12.7. The predicted octanol–water partition coefficient (Wildman–Crippen LogP) is 2.98. The Balaban J connectivity index is 1.93. The largest absolute Gasteiger partial charge is 0.609 e. The fourth-order valence-corrected chi connectivity index (χ4v) is 3.71. The first-order valence-electron chi connectivity index (χ1n) is 7.79. The fourth-order valence-electron chi connectivity index (χ4n) is 2.61. The third-order valence-electron chi connectivity index (χ3n) is 4.27. The molecule has 0 radical (unpaired) electrons. The van der Waals surface area contributed by atoms with Crippen molar-refractivity contribution in [3.8, 4) is 0 Å². The second-order valence-electron chi connectivity index (χ2n) is 5.91. The van der Waals surface area contributed by atoms with Gasteiger partial charge in [0.25, 0.3) is 0 Å². The monoisotopic (exact) mass is 357 g/mol. The maximum absolute atomic E-state index is 12.7. The number of methoxy groups -OCH3 is 1. The van der Waals surface area contributed by atoms with Gasteiger partial charge in [-0.15, -0.1) is 0 Å². The molecule has 0 saturated carbocycles. The van der Waals surface area contributed by atoms with Gasteiger partial charge in [-0.2, -0.15) is 4.98 Å². The highest BCUT2D eigenvalue weighted by Crippen LogP contribution is 2.23. The number of pyridine rings is 1. The molecule has 1 unspecified atom stereocenters. The molecule has 0 spiro atoms. The van der Waals surface area contributed by atoms with E-state index in [1.165, 1.54) is 7.11 Å². The summed E-state index contributed by atoms with van der Waals surface area (Å²) in [5.74, 6) is -0.124. The van der Waals surface area contributed by atoms with Crippen LogP contribution in [0.25, 0.3) is 11.0 Å². The van der Waals surface area contributed by atoms with Gasteiger partial charge in [-0.1, -0.05) is 0 Å². The van der Waals surface area contributed by atoms with Gasteiger partial charge in [-0.05, 0) is 55.7 Å². The first kappa shape index (κ1) is 17.4. The lowest BCUT2D eigenvalue weighted by molar-refractivity contribution is 0.0600. The van der Waals surface area contributed by atoms with Gasteiger partial charge >= 0.3 is 11.1 Å². The van der Waals surface area contributed by atoms with Crippen LogP contribution in [-0.4, -0.2) is 32.6 Å². The summed E-state index contributed by atoms with van der Waals surface area (Å²) in [6.07, 6.45) is 1.72. The Morgan fingerprint density at radius 2 is 2.04 bits per heavy atom. The Morgan fingerprint density at radius 3 is 2.76 bits per heavy atom. The van der Waals surface area contributed by atoms with E-state index >= 15 is 0 Å². The van der Waals surface area contributed by atoms with Gasteiger partial charge in [0.1, 0.15) is 0 Å².